The van der Waals surface area contributed by atoms with Gasteiger partial charge < -0.3 is 9.47 Å². The van der Waals surface area contributed by atoms with Crippen molar-refractivity contribution in [1.82, 2.24) is 0 Å². The first kappa shape index (κ1) is 20.7. The van der Waals surface area contributed by atoms with E-state index in [-0.39, 0.29) is 17.4 Å². The van der Waals surface area contributed by atoms with Gasteiger partial charge in [0.15, 0.2) is 0 Å². The molecule has 0 aliphatic heterocycles. The Balaban J connectivity index is 2.38. The smallest absolute Gasteiger partial charge is 0.432 e. The summed E-state index contributed by atoms with van der Waals surface area (Å²) in [6.07, 6.45) is -3.07. The van der Waals surface area contributed by atoms with Gasteiger partial charge in [0.25, 0.3) is 5.60 Å². The summed E-state index contributed by atoms with van der Waals surface area (Å²) < 4.78 is 52.2. The third kappa shape index (κ3) is 3.90. The van der Waals surface area contributed by atoms with Gasteiger partial charge in [0, 0.05) is 12.7 Å². The highest BCUT2D eigenvalue weighted by Crippen LogP contribution is 2.44. The van der Waals surface area contributed by atoms with Crippen LogP contribution in [0.2, 0.25) is 0 Å². The number of halogens is 3. The Labute approximate surface area is 152 Å². The van der Waals surface area contributed by atoms with Gasteiger partial charge in [-0.2, -0.15) is 13.2 Å². The third-order valence-electron chi connectivity index (χ3n) is 5.39. The molecule has 2 rings (SSSR count). The summed E-state index contributed by atoms with van der Waals surface area (Å²) in [5.74, 6) is -0.806. The van der Waals surface area contributed by atoms with E-state index >= 15 is 0 Å². The molecule has 1 fully saturated rings. The highest BCUT2D eigenvalue weighted by atomic mass is 19.4. The van der Waals surface area contributed by atoms with Crippen molar-refractivity contribution >= 4 is 5.97 Å². The normalized spacial score (nSPS) is 26.4. The number of hydrogen-bond donors (Lipinski definition) is 0. The first-order valence-electron chi connectivity index (χ1n) is 9.02. The summed E-state index contributed by atoms with van der Waals surface area (Å²) in [5.41, 5.74) is -3.39. The lowest BCUT2D eigenvalue weighted by Gasteiger charge is -2.39. The molecule has 1 aromatic carbocycles. The SMILES string of the molecule is CO[C@](C(=O)O[C@H]1C[C@H](C)CC[C@@H]1C(C)C)(c1ccccc1)C(F)(F)F. The van der Waals surface area contributed by atoms with Crippen molar-refractivity contribution in [2.24, 2.45) is 17.8 Å². The van der Waals surface area contributed by atoms with E-state index in [1.54, 1.807) is 6.07 Å². The van der Waals surface area contributed by atoms with Gasteiger partial charge in [-0.15, -0.1) is 0 Å². The van der Waals surface area contributed by atoms with Gasteiger partial charge in [0.05, 0.1) is 0 Å². The number of rotatable bonds is 5. The molecule has 1 aliphatic rings. The van der Waals surface area contributed by atoms with Crippen molar-refractivity contribution in [2.45, 2.75) is 57.9 Å². The van der Waals surface area contributed by atoms with Crippen LogP contribution in [0.1, 0.15) is 45.6 Å². The van der Waals surface area contributed by atoms with Crippen LogP contribution in [0.3, 0.4) is 0 Å². The Morgan fingerprint density at radius 1 is 1.15 bits per heavy atom. The molecule has 0 bridgehead atoms. The predicted octanol–water partition coefficient (Wildman–Crippen LogP) is 5.09. The monoisotopic (exact) mass is 372 g/mol. The van der Waals surface area contributed by atoms with Crippen LogP contribution in [0.15, 0.2) is 30.3 Å². The topological polar surface area (TPSA) is 35.5 Å². The number of alkyl halides is 3. The zero-order valence-electron chi connectivity index (χ0n) is 15.7. The fraction of sp³-hybridized carbons (Fsp3) is 0.650. The van der Waals surface area contributed by atoms with E-state index in [0.717, 1.165) is 20.0 Å². The van der Waals surface area contributed by atoms with Crippen molar-refractivity contribution in [2.75, 3.05) is 7.11 Å². The van der Waals surface area contributed by atoms with E-state index in [1.807, 2.05) is 20.8 Å². The minimum absolute atomic E-state index is 0.0497. The quantitative estimate of drug-likeness (QED) is 0.675. The van der Waals surface area contributed by atoms with Crippen LogP contribution in [0.25, 0.3) is 0 Å². The van der Waals surface area contributed by atoms with Crippen molar-refractivity contribution in [1.29, 1.82) is 0 Å². The summed E-state index contributed by atoms with van der Waals surface area (Å²) >= 11 is 0. The van der Waals surface area contributed by atoms with Crippen LogP contribution in [-0.4, -0.2) is 25.4 Å². The number of ether oxygens (including phenoxy) is 2. The zero-order valence-corrected chi connectivity index (χ0v) is 15.7. The molecule has 0 radical (unpaired) electrons. The van der Waals surface area contributed by atoms with Crippen LogP contribution in [0.5, 0.6) is 0 Å². The van der Waals surface area contributed by atoms with Crippen LogP contribution >= 0.6 is 0 Å². The molecule has 3 nitrogen and oxygen atoms in total. The average molecular weight is 372 g/mol. The minimum atomic E-state index is -4.94. The molecule has 0 saturated heterocycles. The predicted molar refractivity (Wildman–Crippen MR) is 92.4 cm³/mol. The summed E-state index contributed by atoms with van der Waals surface area (Å²) in [6.45, 7) is 6.04. The van der Waals surface area contributed by atoms with Crippen molar-refractivity contribution in [3.63, 3.8) is 0 Å². The molecule has 0 spiro atoms. The molecule has 0 aromatic heterocycles. The molecule has 0 unspecified atom stereocenters. The molecule has 1 saturated carbocycles. The standard InChI is InChI=1S/C20H27F3O3/c1-13(2)16-11-10-14(3)12-17(16)26-18(24)19(25-4,20(21,22)23)15-8-6-5-7-9-15/h5-9,13-14,16-17H,10-12H2,1-4H3/t14-,16-,17+,19+/m1/s1. The Morgan fingerprint density at radius 2 is 1.77 bits per heavy atom. The Kier molecular flexibility index (Phi) is 6.37. The van der Waals surface area contributed by atoms with Crippen LogP contribution in [-0.2, 0) is 19.9 Å². The minimum Gasteiger partial charge on any atom is -0.459 e. The van der Waals surface area contributed by atoms with E-state index in [9.17, 15) is 18.0 Å². The molecule has 1 aliphatic carbocycles. The van der Waals surface area contributed by atoms with Crippen LogP contribution < -0.4 is 0 Å². The molecular weight excluding hydrogens is 345 g/mol. The summed E-state index contributed by atoms with van der Waals surface area (Å²) in [6, 6.07) is 6.95. The molecular formula is C20H27F3O3. The fourth-order valence-corrected chi connectivity index (χ4v) is 3.86. The Hall–Kier alpha value is -1.56. The van der Waals surface area contributed by atoms with Crippen molar-refractivity contribution in [3.05, 3.63) is 35.9 Å². The second-order valence-corrected chi connectivity index (χ2v) is 7.52. The van der Waals surface area contributed by atoms with Gasteiger partial charge in [0.1, 0.15) is 6.10 Å². The van der Waals surface area contributed by atoms with Crippen LogP contribution in [0, 0.1) is 17.8 Å². The maximum atomic E-state index is 14.0. The third-order valence-corrected chi connectivity index (χ3v) is 5.39. The number of esters is 1. The molecule has 1 aromatic rings. The summed E-state index contributed by atoms with van der Waals surface area (Å²) in [7, 11) is 0.894. The van der Waals surface area contributed by atoms with E-state index in [4.69, 9.17) is 9.47 Å². The number of hydrogen-bond acceptors (Lipinski definition) is 3. The molecule has 0 N–H and O–H groups in total. The number of carbonyl (C=O) groups is 1. The van der Waals surface area contributed by atoms with E-state index in [0.29, 0.717) is 12.3 Å². The van der Waals surface area contributed by atoms with Gasteiger partial charge in [-0.25, -0.2) is 4.79 Å². The summed E-state index contributed by atoms with van der Waals surface area (Å²) in [4.78, 5) is 12.8. The first-order valence-corrected chi connectivity index (χ1v) is 9.02. The van der Waals surface area contributed by atoms with E-state index in [2.05, 4.69) is 0 Å². The average Bonchev–Trinajstić information content (AvgIpc) is 2.55. The second-order valence-electron chi connectivity index (χ2n) is 7.52. The fourth-order valence-electron chi connectivity index (χ4n) is 3.86. The lowest BCUT2D eigenvalue weighted by Crippen LogP contribution is -2.53. The van der Waals surface area contributed by atoms with Gasteiger partial charge in [-0.1, -0.05) is 57.5 Å². The number of benzene rings is 1. The Morgan fingerprint density at radius 3 is 2.27 bits per heavy atom. The molecule has 146 valence electrons. The molecule has 26 heavy (non-hydrogen) atoms. The first-order chi connectivity index (χ1) is 12.1. The lowest BCUT2D eigenvalue weighted by molar-refractivity contribution is -0.279. The van der Waals surface area contributed by atoms with Gasteiger partial charge in [-0.05, 0) is 30.6 Å². The van der Waals surface area contributed by atoms with Crippen molar-refractivity contribution in [3.8, 4) is 0 Å². The maximum absolute atomic E-state index is 14.0. The van der Waals surface area contributed by atoms with E-state index in [1.165, 1.54) is 24.3 Å². The molecule has 0 amide bonds. The van der Waals surface area contributed by atoms with E-state index < -0.39 is 23.9 Å². The highest BCUT2D eigenvalue weighted by molar-refractivity contribution is 5.82. The van der Waals surface area contributed by atoms with Gasteiger partial charge in [-0.3, -0.25) is 0 Å². The van der Waals surface area contributed by atoms with Gasteiger partial charge >= 0.3 is 12.1 Å². The Bertz CT molecular complexity index is 600. The number of carbonyl (C=O) groups excluding carboxylic acids is 1. The molecule has 0 heterocycles. The molecule has 4 atom stereocenters. The van der Waals surface area contributed by atoms with Crippen molar-refractivity contribution < 1.29 is 27.4 Å². The summed E-state index contributed by atoms with van der Waals surface area (Å²) in [5, 5.41) is 0. The van der Waals surface area contributed by atoms with Crippen LogP contribution in [0.4, 0.5) is 13.2 Å². The molecule has 6 heteroatoms. The highest BCUT2D eigenvalue weighted by Gasteiger charge is 2.64. The zero-order chi connectivity index (χ0) is 19.5. The largest absolute Gasteiger partial charge is 0.459 e. The lowest BCUT2D eigenvalue weighted by atomic mass is 9.75. The maximum Gasteiger partial charge on any atom is 0.432 e. The van der Waals surface area contributed by atoms with Gasteiger partial charge in [0.2, 0.25) is 0 Å². The second kappa shape index (κ2) is 7.99. The number of methoxy groups -OCH3 is 1.